The first-order valence-corrected chi connectivity index (χ1v) is 10.0. The van der Waals surface area contributed by atoms with Gasteiger partial charge < -0.3 is 16.0 Å². The number of hydrogen-bond donors (Lipinski definition) is 3. The highest BCUT2D eigenvalue weighted by Gasteiger charge is 2.44. The van der Waals surface area contributed by atoms with Crippen LogP contribution in [0.3, 0.4) is 0 Å². The van der Waals surface area contributed by atoms with E-state index in [1.54, 1.807) is 0 Å². The average Bonchev–Trinajstić information content (AvgIpc) is 3.45. The molecule has 1 fully saturated rings. The van der Waals surface area contributed by atoms with Crippen molar-refractivity contribution in [3.63, 3.8) is 0 Å². The molecule has 0 unspecified atom stereocenters. The van der Waals surface area contributed by atoms with Crippen molar-refractivity contribution in [2.45, 2.75) is 38.6 Å². The lowest BCUT2D eigenvalue weighted by Crippen LogP contribution is -2.41. The Hall–Kier alpha value is -2.53. The zero-order chi connectivity index (χ0) is 20.0. The van der Waals surface area contributed by atoms with Crippen LogP contribution in [0.4, 0.5) is 5.69 Å². The maximum atomic E-state index is 11.2. The number of nitrogens with zero attached hydrogens (tertiary/aromatic N) is 1. The molecule has 1 amide bonds. The molecule has 3 rings (SSSR count). The van der Waals surface area contributed by atoms with E-state index in [1.807, 2.05) is 36.4 Å². The molecule has 1 aliphatic carbocycles. The standard InChI is InChI=1S/C22H27ClN4O/c1-3-24-21(25-14-17-6-4-9-20(12-17)27-16(2)28)26-15-22(10-11-22)18-7-5-8-19(23)13-18/h4-9,12-13H,3,10-11,14-15H2,1-2H3,(H,27,28)(H2,24,25,26). The molecule has 2 aromatic rings. The maximum Gasteiger partial charge on any atom is 0.221 e. The Morgan fingerprint density at radius 2 is 1.93 bits per heavy atom. The summed E-state index contributed by atoms with van der Waals surface area (Å²) in [6.07, 6.45) is 2.30. The molecule has 0 atom stereocenters. The molecule has 1 saturated carbocycles. The second kappa shape index (κ2) is 9.11. The molecule has 5 nitrogen and oxygen atoms in total. The summed E-state index contributed by atoms with van der Waals surface area (Å²) in [5, 5.41) is 10.4. The van der Waals surface area contributed by atoms with Gasteiger partial charge in [0.05, 0.1) is 6.54 Å². The molecule has 0 aliphatic heterocycles. The van der Waals surface area contributed by atoms with Crippen molar-refractivity contribution in [1.82, 2.24) is 10.6 Å². The Bertz CT molecular complexity index is 861. The summed E-state index contributed by atoms with van der Waals surface area (Å²) in [6.45, 7) is 5.71. The van der Waals surface area contributed by atoms with Crippen LogP contribution in [-0.4, -0.2) is 25.0 Å². The minimum absolute atomic E-state index is 0.0774. The summed E-state index contributed by atoms with van der Waals surface area (Å²) in [5.41, 5.74) is 3.26. The van der Waals surface area contributed by atoms with E-state index in [-0.39, 0.29) is 11.3 Å². The van der Waals surface area contributed by atoms with Gasteiger partial charge in [-0.05, 0) is 55.2 Å². The lowest BCUT2D eigenvalue weighted by molar-refractivity contribution is -0.114. The van der Waals surface area contributed by atoms with Crippen molar-refractivity contribution in [2.24, 2.45) is 4.99 Å². The van der Waals surface area contributed by atoms with Crippen LogP contribution in [-0.2, 0) is 16.8 Å². The number of hydrogen-bond acceptors (Lipinski definition) is 2. The number of nitrogens with one attached hydrogen (secondary N) is 3. The lowest BCUT2D eigenvalue weighted by Gasteiger charge is -2.19. The van der Waals surface area contributed by atoms with Gasteiger partial charge in [0.2, 0.25) is 5.91 Å². The summed E-state index contributed by atoms with van der Waals surface area (Å²) in [4.78, 5) is 15.9. The number of amides is 1. The summed E-state index contributed by atoms with van der Waals surface area (Å²) < 4.78 is 0. The molecule has 148 valence electrons. The van der Waals surface area contributed by atoms with Gasteiger partial charge in [0.15, 0.2) is 5.96 Å². The monoisotopic (exact) mass is 398 g/mol. The quantitative estimate of drug-likeness (QED) is 0.486. The predicted molar refractivity (Wildman–Crippen MR) is 116 cm³/mol. The molecule has 2 aromatic carbocycles. The number of guanidine groups is 1. The van der Waals surface area contributed by atoms with E-state index in [0.29, 0.717) is 6.54 Å². The highest BCUT2D eigenvalue weighted by molar-refractivity contribution is 6.30. The smallest absolute Gasteiger partial charge is 0.221 e. The first kappa shape index (κ1) is 20.2. The van der Waals surface area contributed by atoms with Gasteiger partial charge in [-0.3, -0.25) is 4.79 Å². The summed E-state index contributed by atoms with van der Waals surface area (Å²) >= 11 is 6.17. The van der Waals surface area contributed by atoms with Gasteiger partial charge in [0, 0.05) is 36.1 Å². The van der Waals surface area contributed by atoms with Crippen molar-refractivity contribution >= 4 is 29.2 Å². The largest absolute Gasteiger partial charge is 0.357 e. The fraction of sp³-hybridized carbons (Fsp3) is 0.364. The fourth-order valence-corrected chi connectivity index (χ4v) is 3.44. The van der Waals surface area contributed by atoms with Crippen molar-refractivity contribution in [3.8, 4) is 0 Å². The molecule has 0 heterocycles. The minimum atomic E-state index is -0.0774. The molecule has 0 spiro atoms. The van der Waals surface area contributed by atoms with E-state index in [4.69, 9.17) is 16.6 Å². The van der Waals surface area contributed by atoms with E-state index >= 15 is 0 Å². The van der Waals surface area contributed by atoms with Crippen molar-refractivity contribution < 1.29 is 4.79 Å². The Labute approximate surface area is 171 Å². The predicted octanol–water partition coefficient (Wildman–Crippen LogP) is 4.09. The van der Waals surface area contributed by atoms with Crippen LogP contribution >= 0.6 is 11.6 Å². The van der Waals surface area contributed by atoms with Crippen LogP contribution in [0.25, 0.3) is 0 Å². The number of carbonyl (C=O) groups is 1. The Morgan fingerprint density at radius 1 is 1.14 bits per heavy atom. The van der Waals surface area contributed by atoms with Gasteiger partial charge in [-0.2, -0.15) is 0 Å². The molecular weight excluding hydrogens is 372 g/mol. The van der Waals surface area contributed by atoms with E-state index in [9.17, 15) is 4.79 Å². The second-order valence-corrected chi connectivity index (χ2v) is 7.66. The summed E-state index contributed by atoms with van der Waals surface area (Å²) in [5.74, 6) is 0.715. The van der Waals surface area contributed by atoms with Gasteiger partial charge >= 0.3 is 0 Å². The van der Waals surface area contributed by atoms with Crippen LogP contribution in [0.5, 0.6) is 0 Å². The summed E-state index contributed by atoms with van der Waals surface area (Å²) in [6, 6.07) is 15.9. The van der Waals surface area contributed by atoms with Crippen LogP contribution in [0.2, 0.25) is 5.02 Å². The van der Waals surface area contributed by atoms with E-state index < -0.39 is 0 Å². The number of anilines is 1. The molecule has 1 aliphatic rings. The van der Waals surface area contributed by atoms with Gasteiger partial charge in [-0.15, -0.1) is 0 Å². The second-order valence-electron chi connectivity index (χ2n) is 7.22. The highest BCUT2D eigenvalue weighted by Crippen LogP contribution is 2.48. The molecule has 0 bridgehead atoms. The third kappa shape index (κ3) is 5.49. The van der Waals surface area contributed by atoms with Crippen molar-refractivity contribution in [3.05, 3.63) is 64.7 Å². The van der Waals surface area contributed by atoms with Crippen LogP contribution in [0, 0.1) is 0 Å². The van der Waals surface area contributed by atoms with Gasteiger partial charge in [0.25, 0.3) is 0 Å². The first-order valence-electron chi connectivity index (χ1n) is 9.65. The van der Waals surface area contributed by atoms with Gasteiger partial charge in [-0.1, -0.05) is 35.9 Å². The number of benzene rings is 2. The minimum Gasteiger partial charge on any atom is -0.357 e. The van der Waals surface area contributed by atoms with Crippen LogP contribution in [0.1, 0.15) is 37.8 Å². The number of carbonyl (C=O) groups excluding carboxylic acids is 1. The number of halogens is 1. The third-order valence-electron chi connectivity index (χ3n) is 4.90. The van der Waals surface area contributed by atoms with Crippen LogP contribution < -0.4 is 16.0 Å². The molecule has 3 N–H and O–H groups in total. The number of aliphatic imine (C=N–C) groups is 1. The van der Waals surface area contributed by atoms with Crippen molar-refractivity contribution in [2.75, 3.05) is 18.4 Å². The zero-order valence-electron chi connectivity index (χ0n) is 16.4. The van der Waals surface area contributed by atoms with Crippen molar-refractivity contribution in [1.29, 1.82) is 0 Å². The fourth-order valence-electron chi connectivity index (χ4n) is 3.25. The SMILES string of the molecule is CCNC(=NCc1cccc(NC(C)=O)c1)NCC1(c2cccc(Cl)c2)CC1. The van der Waals surface area contributed by atoms with Crippen LogP contribution in [0.15, 0.2) is 53.5 Å². The molecular formula is C22H27ClN4O. The lowest BCUT2D eigenvalue weighted by atomic mass is 9.96. The number of rotatable bonds is 7. The molecule has 0 aromatic heterocycles. The van der Waals surface area contributed by atoms with E-state index in [1.165, 1.54) is 12.5 Å². The van der Waals surface area contributed by atoms with Gasteiger partial charge in [-0.25, -0.2) is 4.99 Å². The Kier molecular flexibility index (Phi) is 6.57. The Balaban J connectivity index is 1.64. The third-order valence-corrected chi connectivity index (χ3v) is 5.13. The molecule has 28 heavy (non-hydrogen) atoms. The molecule has 6 heteroatoms. The Morgan fingerprint density at radius 3 is 2.61 bits per heavy atom. The highest BCUT2D eigenvalue weighted by atomic mass is 35.5. The topological polar surface area (TPSA) is 65.5 Å². The summed E-state index contributed by atoms with van der Waals surface area (Å²) in [7, 11) is 0. The molecule has 0 saturated heterocycles. The van der Waals surface area contributed by atoms with Gasteiger partial charge in [0.1, 0.15) is 0 Å². The first-order chi connectivity index (χ1) is 13.5. The maximum absolute atomic E-state index is 11.2. The average molecular weight is 399 g/mol. The van der Waals surface area contributed by atoms with E-state index in [2.05, 4.69) is 35.0 Å². The molecule has 0 radical (unpaired) electrons. The zero-order valence-corrected chi connectivity index (χ0v) is 17.1. The normalized spacial score (nSPS) is 15.0. The van der Waals surface area contributed by atoms with E-state index in [0.717, 1.165) is 48.2 Å².